The fraction of sp³-hybridized carbons (Fsp3) is 0.312. The number of halogens is 1. The van der Waals surface area contributed by atoms with Crippen molar-refractivity contribution in [3.05, 3.63) is 33.4 Å². The van der Waals surface area contributed by atoms with Crippen LogP contribution in [-0.4, -0.2) is 43.9 Å². The van der Waals surface area contributed by atoms with Gasteiger partial charge in [0.1, 0.15) is 0 Å². The predicted molar refractivity (Wildman–Crippen MR) is 92.9 cm³/mol. The molecular weight excluding hydrogens is 412 g/mol. The molecule has 9 nitrogen and oxygen atoms in total. The van der Waals surface area contributed by atoms with E-state index in [4.69, 9.17) is 19.3 Å². The summed E-state index contributed by atoms with van der Waals surface area (Å²) in [6, 6.07) is 1.79. The molecular formula is C16H17BrN2O7. The molecule has 0 spiro atoms. The molecule has 0 fully saturated rings. The molecule has 1 aromatic carbocycles. The van der Waals surface area contributed by atoms with Crippen molar-refractivity contribution in [2.75, 3.05) is 20.8 Å². The molecule has 0 radical (unpaired) electrons. The lowest BCUT2D eigenvalue weighted by Crippen LogP contribution is -2.45. The molecule has 1 atom stereocenters. The van der Waals surface area contributed by atoms with Gasteiger partial charge in [-0.05, 0) is 24.6 Å². The molecule has 0 aromatic heterocycles. The highest BCUT2D eigenvalue weighted by atomic mass is 79.9. The Labute approximate surface area is 157 Å². The van der Waals surface area contributed by atoms with Crippen molar-refractivity contribution in [2.45, 2.75) is 13.0 Å². The number of methoxy groups -OCH3 is 2. The van der Waals surface area contributed by atoms with Crippen molar-refractivity contribution in [3.8, 4) is 11.5 Å². The lowest BCUT2D eigenvalue weighted by molar-refractivity contribution is -0.139. The maximum absolute atomic E-state index is 12.2. The predicted octanol–water partition coefficient (Wildman–Crippen LogP) is 1.72. The normalized spacial score (nSPS) is 16.5. The van der Waals surface area contributed by atoms with Gasteiger partial charge in [-0.25, -0.2) is 14.4 Å². The number of ether oxygens (including phenoxy) is 3. The smallest absolute Gasteiger partial charge is 0.341 e. The van der Waals surface area contributed by atoms with Crippen LogP contribution in [0.2, 0.25) is 0 Å². The van der Waals surface area contributed by atoms with E-state index in [2.05, 4.69) is 26.6 Å². The Kier molecular flexibility index (Phi) is 6.09. The number of urea groups is 1. The molecule has 2 rings (SSSR count). The molecule has 2 amide bonds. The minimum atomic E-state index is -1.13. The lowest BCUT2D eigenvalue weighted by atomic mass is 9.95. The first-order valence-electron chi connectivity index (χ1n) is 7.37. The second kappa shape index (κ2) is 8.09. The van der Waals surface area contributed by atoms with Crippen LogP contribution in [0.15, 0.2) is 27.9 Å². The number of carboxylic acids is 1. The van der Waals surface area contributed by atoms with Crippen molar-refractivity contribution >= 4 is 33.9 Å². The van der Waals surface area contributed by atoms with Crippen LogP contribution >= 0.6 is 15.9 Å². The number of benzene rings is 1. The molecule has 0 bridgehead atoms. The zero-order valence-corrected chi connectivity index (χ0v) is 15.8. The van der Waals surface area contributed by atoms with E-state index in [1.54, 1.807) is 13.0 Å². The number of allylic oxidation sites excluding steroid dienone is 1. The summed E-state index contributed by atoms with van der Waals surface area (Å²) >= 11 is 3.36. The summed E-state index contributed by atoms with van der Waals surface area (Å²) in [5.74, 6) is -1.29. The van der Waals surface area contributed by atoms with Gasteiger partial charge >= 0.3 is 18.0 Å². The third kappa shape index (κ3) is 4.07. The Bertz CT molecular complexity index is 791. The molecule has 3 N–H and O–H groups in total. The second-order valence-electron chi connectivity index (χ2n) is 5.27. The molecule has 0 saturated heterocycles. The third-order valence-electron chi connectivity index (χ3n) is 3.62. The number of amides is 2. The SMILES string of the molecule is COC(=O)C1=C(C)NC(=O)NC1c1cc(OC)c(OCC(=O)O)cc1Br. The Morgan fingerprint density at radius 2 is 1.96 bits per heavy atom. The number of carbonyl (C=O) groups is 3. The number of rotatable bonds is 6. The summed E-state index contributed by atoms with van der Waals surface area (Å²) in [7, 11) is 2.64. The summed E-state index contributed by atoms with van der Waals surface area (Å²) in [6.45, 7) is 1.05. The summed E-state index contributed by atoms with van der Waals surface area (Å²) in [5.41, 5.74) is 1.11. The molecule has 0 aliphatic carbocycles. The molecule has 1 aliphatic heterocycles. The highest BCUT2D eigenvalue weighted by Gasteiger charge is 2.33. The molecule has 1 unspecified atom stereocenters. The van der Waals surface area contributed by atoms with Crippen LogP contribution in [0.4, 0.5) is 4.79 Å². The first-order chi connectivity index (χ1) is 12.3. The molecule has 140 valence electrons. The highest BCUT2D eigenvalue weighted by Crippen LogP contribution is 2.39. The van der Waals surface area contributed by atoms with Crippen LogP contribution < -0.4 is 20.1 Å². The Morgan fingerprint density at radius 1 is 1.27 bits per heavy atom. The van der Waals surface area contributed by atoms with Gasteiger partial charge in [-0.1, -0.05) is 15.9 Å². The van der Waals surface area contributed by atoms with Gasteiger partial charge in [0.25, 0.3) is 0 Å². The van der Waals surface area contributed by atoms with Crippen molar-refractivity contribution in [1.82, 2.24) is 10.6 Å². The average Bonchev–Trinajstić information content (AvgIpc) is 2.58. The molecule has 0 saturated carbocycles. The van der Waals surface area contributed by atoms with E-state index < -0.39 is 30.6 Å². The lowest BCUT2D eigenvalue weighted by Gasteiger charge is -2.29. The fourth-order valence-electron chi connectivity index (χ4n) is 2.49. The van der Waals surface area contributed by atoms with E-state index in [1.165, 1.54) is 20.3 Å². The van der Waals surface area contributed by atoms with E-state index in [0.29, 0.717) is 15.7 Å². The number of nitrogens with one attached hydrogen (secondary N) is 2. The van der Waals surface area contributed by atoms with Gasteiger partial charge in [0.15, 0.2) is 18.1 Å². The van der Waals surface area contributed by atoms with Crippen LogP contribution in [0.5, 0.6) is 11.5 Å². The number of carboxylic acid groups (broad SMARTS) is 1. The average molecular weight is 429 g/mol. The Balaban J connectivity index is 2.51. The van der Waals surface area contributed by atoms with Crippen LogP contribution in [-0.2, 0) is 14.3 Å². The zero-order chi connectivity index (χ0) is 19.4. The van der Waals surface area contributed by atoms with E-state index in [0.717, 1.165) is 0 Å². The van der Waals surface area contributed by atoms with E-state index in [9.17, 15) is 14.4 Å². The monoisotopic (exact) mass is 428 g/mol. The summed E-state index contributed by atoms with van der Waals surface area (Å²) in [4.78, 5) is 34.8. The van der Waals surface area contributed by atoms with Crippen molar-refractivity contribution < 1.29 is 33.7 Å². The summed E-state index contributed by atoms with van der Waals surface area (Å²) < 4.78 is 15.7. The van der Waals surface area contributed by atoms with Gasteiger partial charge in [0.05, 0.1) is 25.8 Å². The summed E-state index contributed by atoms with van der Waals surface area (Å²) in [6.07, 6.45) is 0. The molecule has 1 aliphatic rings. The number of hydrogen-bond acceptors (Lipinski definition) is 6. The number of aliphatic carboxylic acids is 1. The minimum absolute atomic E-state index is 0.200. The first kappa shape index (κ1) is 19.6. The van der Waals surface area contributed by atoms with E-state index in [-0.39, 0.29) is 17.1 Å². The van der Waals surface area contributed by atoms with Gasteiger partial charge in [-0.3, -0.25) is 0 Å². The Hall–Kier alpha value is -2.75. The van der Waals surface area contributed by atoms with Gasteiger partial charge < -0.3 is 30.0 Å². The topological polar surface area (TPSA) is 123 Å². The van der Waals surface area contributed by atoms with Gasteiger partial charge in [-0.2, -0.15) is 0 Å². The maximum Gasteiger partial charge on any atom is 0.341 e. The van der Waals surface area contributed by atoms with Crippen molar-refractivity contribution in [2.24, 2.45) is 0 Å². The van der Waals surface area contributed by atoms with Crippen LogP contribution in [0, 0.1) is 0 Å². The minimum Gasteiger partial charge on any atom is -0.493 e. The molecule has 10 heteroatoms. The van der Waals surface area contributed by atoms with Crippen LogP contribution in [0.25, 0.3) is 0 Å². The van der Waals surface area contributed by atoms with Gasteiger partial charge in [0, 0.05) is 10.2 Å². The van der Waals surface area contributed by atoms with E-state index in [1.807, 2.05) is 0 Å². The van der Waals surface area contributed by atoms with Gasteiger partial charge in [0.2, 0.25) is 0 Å². The Morgan fingerprint density at radius 3 is 2.54 bits per heavy atom. The first-order valence-corrected chi connectivity index (χ1v) is 8.16. The van der Waals surface area contributed by atoms with Gasteiger partial charge in [-0.15, -0.1) is 0 Å². The second-order valence-corrected chi connectivity index (χ2v) is 6.12. The third-order valence-corrected chi connectivity index (χ3v) is 4.31. The van der Waals surface area contributed by atoms with E-state index >= 15 is 0 Å². The maximum atomic E-state index is 12.2. The number of esters is 1. The molecule has 1 heterocycles. The number of hydrogen-bond donors (Lipinski definition) is 3. The van der Waals surface area contributed by atoms with Crippen molar-refractivity contribution in [3.63, 3.8) is 0 Å². The number of carbonyl (C=O) groups excluding carboxylic acids is 2. The van der Waals surface area contributed by atoms with Crippen molar-refractivity contribution in [1.29, 1.82) is 0 Å². The fourth-order valence-corrected chi connectivity index (χ4v) is 3.04. The molecule has 26 heavy (non-hydrogen) atoms. The zero-order valence-electron chi connectivity index (χ0n) is 14.2. The quantitative estimate of drug-likeness (QED) is 0.589. The largest absolute Gasteiger partial charge is 0.493 e. The van der Waals surface area contributed by atoms with Crippen LogP contribution in [0.1, 0.15) is 18.5 Å². The highest BCUT2D eigenvalue weighted by molar-refractivity contribution is 9.10. The summed E-state index contributed by atoms with van der Waals surface area (Å²) in [5, 5.41) is 13.9. The molecule has 1 aromatic rings. The van der Waals surface area contributed by atoms with Crippen LogP contribution in [0.3, 0.4) is 0 Å². The standard InChI is InChI=1S/C16H17BrN2O7/c1-7-13(15(22)25-3)14(19-16(23)18-7)8-4-10(24-2)11(5-9(8)17)26-6-12(20)21/h4-5,14H,6H2,1-3H3,(H,20,21)(H2,18,19,23).